The van der Waals surface area contributed by atoms with Gasteiger partial charge in [0, 0.05) is 55.7 Å². The van der Waals surface area contributed by atoms with E-state index < -0.39 is 0 Å². The Balaban J connectivity index is 1.08. The van der Waals surface area contributed by atoms with Crippen molar-refractivity contribution in [1.29, 1.82) is 5.26 Å². The number of carbonyl (C=O) groups excluding carboxylic acids is 1. The highest BCUT2D eigenvalue weighted by Crippen LogP contribution is 2.27. The lowest BCUT2D eigenvalue weighted by molar-refractivity contribution is -0.119. The van der Waals surface area contributed by atoms with E-state index in [0.29, 0.717) is 42.0 Å². The Hall–Kier alpha value is -4.20. The molecule has 1 amide bonds. The maximum absolute atomic E-state index is 11.4. The molecule has 1 unspecified atom stereocenters. The summed E-state index contributed by atoms with van der Waals surface area (Å²) in [5, 5.41) is 15.9. The molecule has 3 aliphatic heterocycles. The van der Waals surface area contributed by atoms with Gasteiger partial charge in [-0.1, -0.05) is 0 Å². The molecule has 1 aromatic heterocycles. The average molecular weight is 526 g/mol. The second-order valence-corrected chi connectivity index (χ2v) is 10.1. The normalized spacial score (nSPS) is 19.7. The summed E-state index contributed by atoms with van der Waals surface area (Å²) in [4.78, 5) is 25.4. The zero-order chi connectivity index (χ0) is 26.6. The fourth-order valence-electron chi connectivity index (χ4n) is 5.13. The second kappa shape index (κ2) is 11.3. The van der Waals surface area contributed by atoms with Crippen molar-refractivity contribution < 1.29 is 14.3 Å². The summed E-state index contributed by atoms with van der Waals surface area (Å²) in [5.41, 5.74) is 3.28. The second-order valence-electron chi connectivity index (χ2n) is 10.1. The minimum absolute atomic E-state index is 0.0263. The molecule has 0 aliphatic carbocycles. The van der Waals surface area contributed by atoms with Crippen molar-refractivity contribution in [3.8, 4) is 23.2 Å². The van der Waals surface area contributed by atoms with Gasteiger partial charge in [-0.3, -0.25) is 9.69 Å². The third-order valence-electron chi connectivity index (χ3n) is 7.49. The first-order chi connectivity index (χ1) is 19.1. The van der Waals surface area contributed by atoms with Gasteiger partial charge < -0.3 is 25.0 Å². The first kappa shape index (κ1) is 25.1. The van der Waals surface area contributed by atoms with Crippen LogP contribution in [-0.2, 0) is 9.53 Å². The Morgan fingerprint density at radius 3 is 2.62 bits per heavy atom. The quantitative estimate of drug-likeness (QED) is 0.458. The number of nitrogens with one attached hydrogen (secondary N) is 2. The van der Waals surface area contributed by atoms with Crippen LogP contribution < -0.4 is 20.3 Å². The van der Waals surface area contributed by atoms with Crippen LogP contribution in [-0.4, -0.2) is 78.9 Å². The van der Waals surface area contributed by atoms with Crippen molar-refractivity contribution in [3.05, 3.63) is 60.3 Å². The Kier molecular flexibility index (Phi) is 7.25. The predicted molar refractivity (Wildman–Crippen MR) is 147 cm³/mol. The van der Waals surface area contributed by atoms with Gasteiger partial charge in [0.25, 0.3) is 0 Å². The lowest BCUT2D eigenvalue weighted by atomic mass is 10.1. The van der Waals surface area contributed by atoms with Gasteiger partial charge in [-0.15, -0.1) is 0 Å². The Morgan fingerprint density at radius 1 is 1.10 bits per heavy atom. The largest absolute Gasteiger partial charge is 0.490 e. The number of piperazine rings is 1. The Morgan fingerprint density at radius 2 is 1.92 bits per heavy atom. The van der Waals surface area contributed by atoms with E-state index in [4.69, 9.17) is 9.47 Å². The maximum Gasteiger partial charge on any atom is 0.220 e. The van der Waals surface area contributed by atoms with E-state index in [-0.39, 0.29) is 11.9 Å². The molecule has 6 rings (SSSR count). The molecule has 2 N–H and O–H groups in total. The predicted octanol–water partition coefficient (Wildman–Crippen LogP) is 2.94. The SMILES string of the molecule is N#Cc1cc(-c2nccc(Nc3ccc(N4CCN(C5COC5)CC4)cc3)n2)ccc1OCC1CCC(=O)N1. The Labute approximate surface area is 227 Å². The summed E-state index contributed by atoms with van der Waals surface area (Å²) in [7, 11) is 0. The molecule has 1 atom stereocenters. The van der Waals surface area contributed by atoms with E-state index in [1.165, 1.54) is 5.69 Å². The van der Waals surface area contributed by atoms with E-state index in [0.717, 1.165) is 57.1 Å². The van der Waals surface area contributed by atoms with E-state index in [1.807, 2.05) is 12.1 Å². The van der Waals surface area contributed by atoms with Crippen molar-refractivity contribution in [2.75, 3.05) is 56.2 Å². The molecule has 200 valence electrons. The molecule has 2 aromatic carbocycles. The van der Waals surface area contributed by atoms with Gasteiger partial charge in [-0.2, -0.15) is 5.26 Å². The summed E-state index contributed by atoms with van der Waals surface area (Å²) in [5.74, 6) is 1.70. The first-order valence-corrected chi connectivity index (χ1v) is 13.4. The molecular weight excluding hydrogens is 494 g/mol. The van der Waals surface area contributed by atoms with E-state index in [2.05, 4.69) is 60.7 Å². The number of hydrogen-bond donors (Lipinski definition) is 2. The zero-order valence-corrected chi connectivity index (χ0v) is 21.7. The van der Waals surface area contributed by atoms with Gasteiger partial charge in [-0.25, -0.2) is 9.97 Å². The van der Waals surface area contributed by atoms with Crippen LogP contribution in [0, 0.1) is 11.3 Å². The average Bonchev–Trinajstić information content (AvgIpc) is 3.37. The van der Waals surface area contributed by atoms with Crippen LogP contribution in [0.5, 0.6) is 5.75 Å². The van der Waals surface area contributed by atoms with E-state index >= 15 is 0 Å². The number of anilines is 3. The Bertz CT molecular complexity index is 1360. The van der Waals surface area contributed by atoms with Gasteiger partial charge in [-0.05, 0) is 55.0 Å². The molecule has 3 aromatic rings. The molecule has 39 heavy (non-hydrogen) atoms. The molecule has 10 heteroatoms. The topological polar surface area (TPSA) is 116 Å². The van der Waals surface area contributed by atoms with Crippen molar-refractivity contribution in [1.82, 2.24) is 20.2 Å². The van der Waals surface area contributed by atoms with Crippen LogP contribution in [0.25, 0.3) is 11.4 Å². The fraction of sp³-hybridized carbons (Fsp3) is 0.379. The molecular formula is C29H31N7O3. The van der Waals surface area contributed by atoms with Crippen molar-refractivity contribution in [2.45, 2.75) is 24.9 Å². The molecule has 10 nitrogen and oxygen atoms in total. The summed E-state index contributed by atoms with van der Waals surface area (Å²) in [6.45, 7) is 6.24. The first-order valence-electron chi connectivity index (χ1n) is 13.4. The van der Waals surface area contributed by atoms with Gasteiger partial charge in [0.1, 0.15) is 24.2 Å². The zero-order valence-electron chi connectivity index (χ0n) is 21.7. The van der Waals surface area contributed by atoms with Gasteiger partial charge in [0.2, 0.25) is 5.91 Å². The molecule has 3 saturated heterocycles. The van der Waals surface area contributed by atoms with Crippen LogP contribution in [0.15, 0.2) is 54.7 Å². The number of amides is 1. The lowest BCUT2D eigenvalue weighted by Gasteiger charge is -2.43. The monoisotopic (exact) mass is 525 g/mol. The molecule has 0 radical (unpaired) electrons. The van der Waals surface area contributed by atoms with Crippen LogP contribution in [0.1, 0.15) is 18.4 Å². The number of ether oxygens (including phenoxy) is 2. The number of aromatic nitrogens is 2. The fourth-order valence-corrected chi connectivity index (χ4v) is 5.13. The highest BCUT2D eigenvalue weighted by atomic mass is 16.5. The van der Waals surface area contributed by atoms with Crippen LogP contribution in [0.3, 0.4) is 0 Å². The standard InChI is InChI=1S/C29H31N7O3/c30-16-21-15-20(1-7-26(21)39-17-23-4-8-28(37)33-23)29-31-10-9-27(34-29)32-22-2-5-24(6-3-22)35-11-13-36(14-12-35)25-18-38-19-25/h1-3,5-7,9-10,15,23,25H,4,8,11-14,17-19H2,(H,33,37)(H,31,32,34). The minimum atomic E-state index is -0.0263. The third kappa shape index (κ3) is 5.79. The van der Waals surface area contributed by atoms with E-state index in [9.17, 15) is 10.1 Å². The van der Waals surface area contributed by atoms with Crippen molar-refractivity contribution >= 4 is 23.1 Å². The molecule has 0 bridgehead atoms. The molecule has 0 saturated carbocycles. The summed E-state index contributed by atoms with van der Waals surface area (Å²) in [6, 6.07) is 18.3. The van der Waals surface area contributed by atoms with Crippen molar-refractivity contribution in [3.63, 3.8) is 0 Å². The highest BCUT2D eigenvalue weighted by Gasteiger charge is 2.29. The van der Waals surface area contributed by atoms with Crippen LogP contribution in [0.2, 0.25) is 0 Å². The number of rotatable bonds is 8. The van der Waals surface area contributed by atoms with Crippen LogP contribution >= 0.6 is 0 Å². The molecule has 4 heterocycles. The van der Waals surface area contributed by atoms with E-state index in [1.54, 1.807) is 18.3 Å². The number of nitriles is 1. The smallest absolute Gasteiger partial charge is 0.220 e. The minimum Gasteiger partial charge on any atom is -0.490 e. The summed E-state index contributed by atoms with van der Waals surface area (Å²) in [6.07, 6.45) is 2.95. The summed E-state index contributed by atoms with van der Waals surface area (Å²) >= 11 is 0. The maximum atomic E-state index is 11.4. The molecule has 0 spiro atoms. The molecule has 3 fully saturated rings. The number of nitrogens with zero attached hydrogens (tertiary/aromatic N) is 5. The van der Waals surface area contributed by atoms with Crippen molar-refractivity contribution in [2.24, 2.45) is 0 Å². The lowest BCUT2D eigenvalue weighted by Crippen LogP contribution is -2.56. The van der Waals surface area contributed by atoms with Gasteiger partial charge in [0.05, 0.1) is 30.9 Å². The third-order valence-corrected chi connectivity index (χ3v) is 7.49. The molecule has 3 aliphatic rings. The number of benzene rings is 2. The number of hydrogen-bond acceptors (Lipinski definition) is 9. The highest BCUT2D eigenvalue weighted by molar-refractivity contribution is 5.78. The van der Waals surface area contributed by atoms with Gasteiger partial charge >= 0.3 is 0 Å². The summed E-state index contributed by atoms with van der Waals surface area (Å²) < 4.78 is 11.2. The number of carbonyl (C=O) groups is 1. The van der Waals surface area contributed by atoms with Gasteiger partial charge in [0.15, 0.2) is 5.82 Å². The van der Waals surface area contributed by atoms with Crippen LogP contribution in [0.4, 0.5) is 17.2 Å².